The molecule has 0 bridgehead atoms. The average Bonchev–Trinajstić information content (AvgIpc) is 3.22. The largest absolute Gasteiger partial charge is 0.322 e. The summed E-state index contributed by atoms with van der Waals surface area (Å²) in [5.41, 5.74) is 5.38. The van der Waals surface area contributed by atoms with Crippen LogP contribution in [0.4, 0.5) is 5.69 Å². The molecule has 1 amide bonds. The van der Waals surface area contributed by atoms with Crippen LogP contribution in [-0.2, 0) is 0 Å². The number of rotatable bonds is 3. The SMILES string of the molecule is O=C(Nc1ccc(Cl)c(-c2cnc3ccccc3n2)c1)c1ccc2[nH]nnc2c1. The van der Waals surface area contributed by atoms with Gasteiger partial charge in [-0.05, 0) is 48.5 Å². The van der Waals surface area contributed by atoms with Crippen molar-refractivity contribution in [2.75, 3.05) is 5.32 Å². The van der Waals surface area contributed by atoms with E-state index in [4.69, 9.17) is 11.6 Å². The fourth-order valence-corrected chi connectivity index (χ4v) is 3.29. The van der Waals surface area contributed by atoms with E-state index in [-0.39, 0.29) is 5.91 Å². The van der Waals surface area contributed by atoms with Gasteiger partial charge in [-0.15, -0.1) is 5.10 Å². The van der Waals surface area contributed by atoms with E-state index < -0.39 is 0 Å². The highest BCUT2D eigenvalue weighted by molar-refractivity contribution is 6.33. The van der Waals surface area contributed by atoms with Gasteiger partial charge >= 0.3 is 0 Å². The van der Waals surface area contributed by atoms with Gasteiger partial charge in [-0.3, -0.25) is 14.9 Å². The maximum atomic E-state index is 12.7. The molecule has 0 aliphatic rings. The molecular weight excluding hydrogens is 388 g/mol. The minimum absolute atomic E-state index is 0.257. The summed E-state index contributed by atoms with van der Waals surface area (Å²) in [6, 6.07) is 18.0. The molecule has 0 saturated carbocycles. The number of H-pyrrole nitrogens is 1. The van der Waals surface area contributed by atoms with Crippen LogP contribution in [0.15, 0.2) is 66.9 Å². The number of nitrogens with zero attached hydrogens (tertiary/aromatic N) is 4. The monoisotopic (exact) mass is 400 g/mol. The Morgan fingerprint density at radius 2 is 1.83 bits per heavy atom. The number of aromatic nitrogens is 5. The third-order valence-electron chi connectivity index (χ3n) is 4.54. The first kappa shape index (κ1) is 17.3. The molecule has 5 rings (SSSR count). The predicted molar refractivity (Wildman–Crippen MR) is 112 cm³/mol. The first-order valence-electron chi connectivity index (χ1n) is 8.81. The molecule has 0 radical (unpaired) electrons. The van der Waals surface area contributed by atoms with Gasteiger partial charge in [0.15, 0.2) is 0 Å². The Labute approximate surface area is 169 Å². The van der Waals surface area contributed by atoms with Crippen molar-refractivity contribution in [3.8, 4) is 11.3 Å². The van der Waals surface area contributed by atoms with E-state index in [1.807, 2.05) is 24.3 Å². The summed E-state index contributed by atoms with van der Waals surface area (Å²) in [6.07, 6.45) is 1.67. The van der Waals surface area contributed by atoms with Gasteiger partial charge in [0.2, 0.25) is 0 Å². The van der Waals surface area contributed by atoms with E-state index in [1.54, 1.807) is 42.6 Å². The molecule has 0 fully saturated rings. The Bertz CT molecular complexity index is 1380. The molecule has 0 aliphatic heterocycles. The van der Waals surface area contributed by atoms with Gasteiger partial charge < -0.3 is 5.32 Å². The number of hydrogen-bond acceptors (Lipinski definition) is 5. The summed E-state index contributed by atoms with van der Waals surface area (Å²) in [6.45, 7) is 0. The van der Waals surface area contributed by atoms with Gasteiger partial charge in [0.05, 0.1) is 33.5 Å². The van der Waals surface area contributed by atoms with Gasteiger partial charge in [0.25, 0.3) is 5.91 Å². The maximum absolute atomic E-state index is 12.7. The van der Waals surface area contributed by atoms with Gasteiger partial charge in [0.1, 0.15) is 5.52 Å². The zero-order valence-corrected chi connectivity index (χ0v) is 15.7. The van der Waals surface area contributed by atoms with Crippen molar-refractivity contribution >= 4 is 45.3 Å². The smallest absolute Gasteiger partial charge is 0.255 e. The minimum atomic E-state index is -0.257. The van der Waals surface area contributed by atoms with Crippen molar-refractivity contribution in [1.29, 1.82) is 0 Å². The number of para-hydroxylation sites is 2. The number of nitrogens with one attached hydrogen (secondary N) is 2. The fraction of sp³-hybridized carbons (Fsp3) is 0. The highest BCUT2D eigenvalue weighted by atomic mass is 35.5. The van der Waals surface area contributed by atoms with Crippen LogP contribution < -0.4 is 5.32 Å². The second-order valence-corrected chi connectivity index (χ2v) is 6.84. The molecular formula is C21H13ClN6O. The molecule has 29 heavy (non-hydrogen) atoms. The van der Waals surface area contributed by atoms with Gasteiger partial charge in [0, 0.05) is 16.8 Å². The lowest BCUT2D eigenvalue weighted by atomic mass is 10.1. The second kappa shape index (κ2) is 6.96. The van der Waals surface area contributed by atoms with Crippen LogP contribution in [0, 0.1) is 0 Å². The number of benzene rings is 3. The van der Waals surface area contributed by atoms with Crippen LogP contribution in [0.2, 0.25) is 5.02 Å². The Morgan fingerprint density at radius 1 is 0.966 bits per heavy atom. The van der Waals surface area contributed by atoms with Crippen molar-refractivity contribution in [3.63, 3.8) is 0 Å². The lowest BCUT2D eigenvalue weighted by Gasteiger charge is -2.10. The number of anilines is 1. The number of hydrogen-bond donors (Lipinski definition) is 2. The predicted octanol–water partition coefficient (Wildman–Crippen LogP) is 4.47. The summed E-state index contributed by atoms with van der Waals surface area (Å²) in [5, 5.41) is 13.8. The fourth-order valence-electron chi connectivity index (χ4n) is 3.07. The zero-order valence-electron chi connectivity index (χ0n) is 14.9. The first-order chi connectivity index (χ1) is 14.2. The first-order valence-corrected chi connectivity index (χ1v) is 9.19. The molecule has 2 aromatic heterocycles. The van der Waals surface area contributed by atoms with Crippen molar-refractivity contribution < 1.29 is 4.79 Å². The molecule has 0 aliphatic carbocycles. The van der Waals surface area contributed by atoms with Crippen LogP contribution in [-0.4, -0.2) is 31.3 Å². The van der Waals surface area contributed by atoms with E-state index >= 15 is 0 Å². The number of aromatic amines is 1. The van der Waals surface area contributed by atoms with E-state index in [9.17, 15) is 4.79 Å². The molecule has 140 valence electrons. The van der Waals surface area contributed by atoms with Gasteiger partial charge in [-0.1, -0.05) is 28.9 Å². The molecule has 2 heterocycles. The lowest BCUT2D eigenvalue weighted by molar-refractivity contribution is 0.102. The Morgan fingerprint density at radius 3 is 2.72 bits per heavy atom. The van der Waals surface area contributed by atoms with Crippen molar-refractivity contribution in [1.82, 2.24) is 25.4 Å². The molecule has 0 atom stereocenters. The summed E-state index contributed by atoms with van der Waals surface area (Å²) in [5.74, 6) is -0.257. The van der Waals surface area contributed by atoms with Crippen LogP contribution in [0.25, 0.3) is 33.3 Å². The molecule has 0 saturated heterocycles. The number of amides is 1. The Hall–Kier alpha value is -3.84. The van der Waals surface area contributed by atoms with E-state index in [1.165, 1.54) is 0 Å². The lowest BCUT2D eigenvalue weighted by Crippen LogP contribution is -2.11. The quantitative estimate of drug-likeness (QED) is 0.465. The summed E-state index contributed by atoms with van der Waals surface area (Å²) >= 11 is 6.39. The molecule has 5 aromatic rings. The Balaban J connectivity index is 1.47. The molecule has 8 heteroatoms. The third kappa shape index (κ3) is 3.28. The average molecular weight is 401 g/mol. The van der Waals surface area contributed by atoms with E-state index in [0.717, 1.165) is 16.6 Å². The van der Waals surface area contributed by atoms with Crippen LogP contribution in [0.3, 0.4) is 0 Å². The normalized spacial score (nSPS) is 11.1. The standard InChI is InChI=1S/C21H13ClN6O/c22-15-7-6-13(24-21(29)12-5-8-18-19(9-12)27-28-26-18)10-14(15)20-11-23-16-3-1-2-4-17(16)25-20/h1-11H,(H,24,29)(H,26,27,28). The molecule has 2 N–H and O–H groups in total. The van der Waals surface area contributed by atoms with Crippen molar-refractivity contribution in [2.45, 2.75) is 0 Å². The van der Waals surface area contributed by atoms with Crippen LogP contribution in [0.5, 0.6) is 0 Å². The van der Waals surface area contributed by atoms with Gasteiger partial charge in [-0.25, -0.2) is 4.98 Å². The maximum Gasteiger partial charge on any atom is 0.255 e. The van der Waals surface area contributed by atoms with Gasteiger partial charge in [-0.2, -0.15) is 0 Å². The zero-order chi connectivity index (χ0) is 19.8. The molecule has 7 nitrogen and oxygen atoms in total. The highest BCUT2D eigenvalue weighted by Crippen LogP contribution is 2.30. The van der Waals surface area contributed by atoms with E-state index in [0.29, 0.717) is 33.0 Å². The highest BCUT2D eigenvalue weighted by Gasteiger charge is 2.12. The topological polar surface area (TPSA) is 96.5 Å². The van der Waals surface area contributed by atoms with Crippen molar-refractivity contribution in [2.24, 2.45) is 0 Å². The number of halogens is 1. The summed E-state index contributed by atoms with van der Waals surface area (Å²) in [7, 11) is 0. The van der Waals surface area contributed by atoms with E-state index in [2.05, 4.69) is 30.7 Å². The van der Waals surface area contributed by atoms with Crippen LogP contribution >= 0.6 is 11.6 Å². The van der Waals surface area contributed by atoms with Crippen molar-refractivity contribution in [3.05, 3.63) is 77.4 Å². The Kier molecular flexibility index (Phi) is 4.14. The minimum Gasteiger partial charge on any atom is -0.322 e. The number of fused-ring (bicyclic) bond motifs is 2. The number of carbonyl (C=O) groups excluding carboxylic acids is 1. The summed E-state index contributed by atoms with van der Waals surface area (Å²) < 4.78 is 0. The molecule has 0 unspecified atom stereocenters. The molecule has 3 aromatic carbocycles. The third-order valence-corrected chi connectivity index (χ3v) is 4.87. The number of carbonyl (C=O) groups is 1. The molecule has 0 spiro atoms. The van der Waals surface area contributed by atoms with Crippen LogP contribution in [0.1, 0.15) is 10.4 Å². The summed E-state index contributed by atoms with van der Waals surface area (Å²) in [4.78, 5) is 21.7. The second-order valence-electron chi connectivity index (χ2n) is 6.44.